The normalized spacial score (nSPS) is 10.4. The molecule has 0 saturated heterocycles. The van der Waals surface area contributed by atoms with E-state index in [-0.39, 0.29) is 5.91 Å². The average Bonchev–Trinajstić information content (AvgIpc) is 2.67. The lowest BCUT2D eigenvalue weighted by molar-refractivity contribution is -0.118. The monoisotopic (exact) mass is 315 g/mol. The largest absolute Gasteiger partial charge is 0.377 e. The smallest absolute Gasteiger partial charge is 0.227 e. The number of aromatic nitrogens is 2. The van der Waals surface area contributed by atoms with Crippen LogP contribution in [0, 0.1) is 0 Å². The molecule has 0 bridgehead atoms. The molecule has 0 aliphatic heterocycles. The fraction of sp³-hybridized carbons (Fsp3) is 0.500. The van der Waals surface area contributed by atoms with Crippen LogP contribution in [0.3, 0.4) is 0 Å². The molecule has 0 saturated carbocycles. The van der Waals surface area contributed by atoms with Gasteiger partial charge in [-0.2, -0.15) is 5.10 Å². The van der Waals surface area contributed by atoms with E-state index in [0.29, 0.717) is 26.1 Å². The Balaban J connectivity index is 2.44. The van der Waals surface area contributed by atoms with Crippen molar-refractivity contribution >= 4 is 27.7 Å². The summed E-state index contributed by atoms with van der Waals surface area (Å²) in [6.45, 7) is 4.65. The number of hydrogen-bond donors (Lipinski definition) is 0. The molecule has 1 rings (SSSR count). The van der Waals surface area contributed by atoms with Gasteiger partial charge in [-0.05, 0) is 22.4 Å². The summed E-state index contributed by atoms with van der Waals surface area (Å²) in [5.41, 5.74) is 0. The maximum atomic E-state index is 12.0. The van der Waals surface area contributed by atoms with E-state index in [1.165, 1.54) is 0 Å². The first-order valence-electron chi connectivity index (χ1n) is 5.70. The van der Waals surface area contributed by atoms with Crippen molar-refractivity contribution in [3.05, 3.63) is 23.3 Å². The molecule has 0 radical (unpaired) electrons. The van der Waals surface area contributed by atoms with Crippen molar-refractivity contribution in [3.63, 3.8) is 0 Å². The second-order valence-electron chi connectivity index (χ2n) is 3.86. The van der Waals surface area contributed by atoms with Gasteiger partial charge in [-0.15, -0.1) is 6.58 Å². The number of carbonyl (C=O) groups excluding carboxylic acids is 1. The van der Waals surface area contributed by atoms with Crippen molar-refractivity contribution in [3.8, 4) is 0 Å². The van der Waals surface area contributed by atoms with Crippen LogP contribution in [-0.4, -0.2) is 35.9 Å². The second kappa shape index (κ2) is 7.33. The van der Waals surface area contributed by atoms with Crippen molar-refractivity contribution in [1.82, 2.24) is 9.78 Å². The van der Waals surface area contributed by atoms with Gasteiger partial charge in [0.15, 0.2) is 0 Å². The second-order valence-corrected chi connectivity index (χ2v) is 4.71. The topological polar surface area (TPSA) is 47.4 Å². The van der Waals surface area contributed by atoms with E-state index in [1.54, 1.807) is 35.9 Å². The third-order valence-electron chi connectivity index (χ3n) is 2.47. The molecule has 1 heterocycles. The van der Waals surface area contributed by atoms with Gasteiger partial charge in [-0.1, -0.05) is 6.08 Å². The molecule has 6 heteroatoms. The van der Waals surface area contributed by atoms with E-state index in [9.17, 15) is 4.79 Å². The van der Waals surface area contributed by atoms with Crippen LogP contribution in [0.15, 0.2) is 23.3 Å². The van der Waals surface area contributed by atoms with Crippen LogP contribution >= 0.6 is 15.9 Å². The van der Waals surface area contributed by atoms with Gasteiger partial charge in [0.05, 0.1) is 17.3 Å². The molecule has 0 aromatic carbocycles. The van der Waals surface area contributed by atoms with E-state index < -0.39 is 0 Å². The number of aryl methyl sites for hydroxylation is 1. The zero-order chi connectivity index (χ0) is 13.5. The lowest BCUT2D eigenvalue weighted by Gasteiger charge is -2.17. The fourth-order valence-corrected chi connectivity index (χ4v) is 2.17. The quantitative estimate of drug-likeness (QED) is 0.572. The van der Waals surface area contributed by atoms with Crippen LogP contribution in [0.25, 0.3) is 0 Å². The summed E-state index contributed by atoms with van der Waals surface area (Å²) in [6.07, 6.45) is 4.52. The first kappa shape index (κ1) is 14.9. The van der Waals surface area contributed by atoms with Gasteiger partial charge in [0.1, 0.15) is 5.82 Å². The molecule has 5 nitrogen and oxygen atoms in total. The Labute approximate surface area is 116 Å². The van der Waals surface area contributed by atoms with E-state index in [0.717, 1.165) is 10.3 Å². The summed E-state index contributed by atoms with van der Waals surface area (Å²) in [7, 11) is 3.55. The predicted molar refractivity (Wildman–Crippen MR) is 74.6 cm³/mol. The summed E-state index contributed by atoms with van der Waals surface area (Å²) >= 11 is 3.38. The fourth-order valence-electron chi connectivity index (χ4n) is 1.56. The van der Waals surface area contributed by atoms with Crippen LogP contribution < -0.4 is 4.90 Å². The van der Waals surface area contributed by atoms with Crippen molar-refractivity contribution in [2.24, 2.45) is 7.05 Å². The Morgan fingerprint density at radius 2 is 2.44 bits per heavy atom. The molecule has 1 aromatic heterocycles. The highest BCUT2D eigenvalue weighted by molar-refractivity contribution is 9.10. The minimum Gasteiger partial charge on any atom is -0.377 e. The molecule has 0 aliphatic carbocycles. The van der Waals surface area contributed by atoms with Crippen LogP contribution in [0.1, 0.15) is 12.8 Å². The van der Waals surface area contributed by atoms with Crippen molar-refractivity contribution < 1.29 is 9.53 Å². The van der Waals surface area contributed by atoms with E-state index in [2.05, 4.69) is 27.6 Å². The van der Waals surface area contributed by atoms with Crippen molar-refractivity contribution in [1.29, 1.82) is 0 Å². The first-order chi connectivity index (χ1) is 8.57. The predicted octanol–water partition coefficient (Wildman–Crippen LogP) is 2.13. The van der Waals surface area contributed by atoms with Gasteiger partial charge in [0.25, 0.3) is 0 Å². The van der Waals surface area contributed by atoms with Crippen molar-refractivity contribution in [2.75, 3.05) is 25.2 Å². The molecule has 100 valence electrons. The summed E-state index contributed by atoms with van der Waals surface area (Å²) in [5.74, 6) is 0.800. The van der Waals surface area contributed by atoms with Gasteiger partial charge in [-0.25, -0.2) is 0 Å². The maximum absolute atomic E-state index is 12.0. The molecule has 0 fully saturated rings. The lowest BCUT2D eigenvalue weighted by atomic mass is 10.3. The number of amides is 1. The number of anilines is 1. The minimum atomic E-state index is 0.0431. The van der Waals surface area contributed by atoms with E-state index in [4.69, 9.17) is 4.74 Å². The Bertz CT molecular complexity index is 398. The van der Waals surface area contributed by atoms with E-state index >= 15 is 0 Å². The Morgan fingerprint density at radius 1 is 1.72 bits per heavy atom. The van der Waals surface area contributed by atoms with Crippen LogP contribution in [0.4, 0.5) is 5.82 Å². The summed E-state index contributed by atoms with van der Waals surface area (Å²) in [5, 5.41) is 4.08. The first-order valence-corrected chi connectivity index (χ1v) is 6.50. The molecular formula is C12H18BrN3O2. The average molecular weight is 316 g/mol. The minimum absolute atomic E-state index is 0.0431. The molecule has 18 heavy (non-hydrogen) atoms. The third kappa shape index (κ3) is 3.96. The number of hydrogen-bond acceptors (Lipinski definition) is 3. The third-order valence-corrected chi connectivity index (χ3v) is 3.03. The SMILES string of the molecule is C=CCOCCCC(=O)N(C)c1c(Br)cnn1C. The lowest BCUT2D eigenvalue weighted by Crippen LogP contribution is -2.28. The molecular weight excluding hydrogens is 298 g/mol. The Hall–Kier alpha value is -1.14. The van der Waals surface area contributed by atoms with Gasteiger partial charge in [-0.3, -0.25) is 14.4 Å². The number of ether oxygens (including phenoxy) is 1. The van der Waals surface area contributed by atoms with Gasteiger partial charge in [0, 0.05) is 27.1 Å². The zero-order valence-corrected chi connectivity index (χ0v) is 12.3. The summed E-state index contributed by atoms with van der Waals surface area (Å²) < 4.78 is 7.71. The number of nitrogens with zero attached hydrogens (tertiary/aromatic N) is 3. The molecule has 0 N–H and O–H groups in total. The molecule has 0 spiro atoms. The van der Waals surface area contributed by atoms with Crippen LogP contribution in [0.2, 0.25) is 0 Å². The molecule has 1 aromatic rings. The summed E-state index contributed by atoms with van der Waals surface area (Å²) in [6, 6.07) is 0. The highest BCUT2D eigenvalue weighted by Gasteiger charge is 2.17. The van der Waals surface area contributed by atoms with Gasteiger partial charge >= 0.3 is 0 Å². The number of carbonyl (C=O) groups is 1. The van der Waals surface area contributed by atoms with Crippen LogP contribution in [0.5, 0.6) is 0 Å². The molecule has 0 unspecified atom stereocenters. The number of rotatable bonds is 7. The van der Waals surface area contributed by atoms with Gasteiger partial charge in [0.2, 0.25) is 5.91 Å². The van der Waals surface area contributed by atoms with Crippen molar-refractivity contribution in [2.45, 2.75) is 12.8 Å². The molecule has 0 aliphatic rings. The zero-order valence-electron chi connectivity index (χ0n) is 10.7. The van der Waals surface area contributed by atoms with Gasteiger partial charge < -0.3 is 4.74 Å². The standard InChI is InChI=1S/C12H18BrN3O2/c1-4-7-18-8-5-6-11(17)15(2)12-10(13)9-14-16(12)3/h4,9H,1,5-8H2,2-3H3. The molecule has 0 atom stereocenters. The Kier molecular flexibility index (Phi) is 6.07. The summed E-state index contributed by atoms with van der Waals surface area (Å²) in [4.78, 5) is 13.6. The highest BCUT2D eigenvalue weighted by Crippen LogP contribution is 2.24. The highest BCUT2D eigenvalue weighted by atomic mass is 79.9. The van der Waals surface area contributed by atoms with Crippen LogP contribution in [-0.2, 0) is 16.6 Å². The Morgan fingerprint density at radius 3 is 3.00 bits per heavy atom. The maximum Gasteiger partial charge on any atom is 0.227 e. The number of halogens is 1. The van der Waals surface area contributed by atoms with E-state index in [1.807, 2.05) is 0 Å². The molecule has 1 amide bonds.